The van der Waals surface area contributed by atoms with E-state index < -0.39 is 47.9 Å². The Morgan fingerprint density at radius 1 is 0.880 bits per heavy atom. The highest BCUT2D eigenvalue weighted by molar-refractivity contribution is 5.90. The van der Waals surface area contributed by atoms with Crippen LogP contribution in [0.1, 0.15) is 13.8 Å². The number of hydrogen-bond donors (Lipinski definition) is 1. The summed E-state index contributed by atoms with van der Waals surface area (Å²) in [6, 6.07) is 0. The van der Waals surface area contributed by atoms with E-state index in [1.165, 1.54) is 0 Å². The van der Waals surface area contributed by atoms with Gasteiger partial charge in [0.25, 0.3) is 0 Å². The average Bonchev–Trinajstić information content (AvgIpc) is 2.40. The standard InChI is InChI=1S/C12H11F9O4/c1-5(2)8(25-7(24)4-3-6(22)23)9(13,14)10(15,16)11(17,18)12(19,20)21/h3-5,8H,1-2H3,(H,22,23)/b4-3+. The number of carbonyl (C=O) groups is 2. The van der Waals surface area contributed by atoms with Crippen LogP contribution in [0.15, 0.2) is 12.2 Å². The molecular weight excluding hydrogens is 379 g/mol. The van der Waals surface area contributed by atoms with Gasteiger partial charge < -0.3 is 9.84 Å². The van der Waals surface area contributed by atoms with E-state index in [0.29, 0.717) is 13.8 Å². The molecule has 0 bridgehead atoms. The van der Waals surface area contributed by atoms with E-state index in [4.69, 9.17) is 5.11 Å². The maximum atomic E-state index is 13.8. The lowest BCUT2D eigenvalue weighted by Crippen LogP contribution is -2.65. The molecule has 0 heterocycles. The highest BCUT2D eigenvalue weighted by Crippen LogP contribution is 2.55. The van der Waals surface area contributed by atoms with Crippen molar-refractivity contribution in [1.82, 2.24) is 0 Å². The molecule has 0 spiro atoms. The summed E-state index contributed by atoms with van der Waals surface area (Å²) in [6.07, 6.45) is -10.4. The van der Waals surface area contributed by atoms with Gasteiger partial charge in [-0.2, -0.15) is 39.5 Å². The van der Waals surface area contributed by atoms with Gasteiger partial charge in [0, 0.05) is 12.2 Å². The molecule has 0 saturated carbocycles. The summed E-state index contributed by atoms with van der Waals surface area (Å²) in [4.78, 5) is 21.3. The first-order valence-corrected chi connectivity index (χ1v) is 6.21. The molecule has 0 amide bonds. The van der Waals surface area contributed by atoms with Crippen molar-refractivity contribution >= 4 is 11.9 Å². The zero-order chi connectivity index (χ0) is 20.4. The number of hydrogen-bond acceptors (Lipinski definition) is 3. The monoisotopic (exact) mass is 390 g/mol. The van der Waals surface area contributed by atoms with E-state index in [9.17, 15) is 49.1 Å². The van der Waals surface area contributed by atoms with Gasteiger partial charge in [-0.25, -0.2) is 9.59 Å². The third kappa shape index (κ3) is 4.57. The molecule has 13 heteroatoms. The fraction of sp³-hybridized carbons (Fsp3) is 0.667. The van der Waals surface area contributed by atoms with E-state index >= 15 is 0 Å². The first-order chi connectivity index (χ1) is 10.9. The van der Waals surface area contributed by atoms with Crippen LogP contribution in [-0.4, -0.2) is 47.1 Å². The number of esters is 1. The van der Waals surface area contributed by atoms with Crippen LogP contribution in [-0.2, 0) is 14.3 Å². The van der Waals surface area contributed by atoms with E-state index in [2.05, 4.69) is 4.74 Å². The van der Waals surface area contributed by atoms with Crippen molar-refractivity contribution in [2.24, 2.45) is 5.92 Å². The minimum Gasteiger partial charge on any atom is -0.478 e. The van der Waals surface area contributed by atoms with Crippen LogP contribution < -0.4 is 0 Å². The first kappa shape index (κ1) is 23.1. The van der Waals surface area contributed by atoms with Crippen LogP contribution in [0, 0.1) is 5.92 Å². The van der Waals surface area contributed by atoms with E-state index in [1.807, 2.05) is 0 Å². The van der Waals surface area contributed by atoms with E-state index in [-0.39, 0.29) is 12.2 Å². The van der Waals surface area contributed by atoms with Gasteiger partial charge in [-0.3, -0.25) is 0 Å². The van der Waals surface area contributed by atoms with Gasteiger partial charge in [-0.15, -0.1) is 0 Å². The van der Waals surface area contributed by atoms with Crippen molar-refractivity contribution in [3.63, 3.8) is 0 Å². The summed E-state index contributed by atoms with van der Waals surface area (Å²) in [6.45, 7) is 1.38. The maximum Gasteiger partial charge on any atom is 0.460 e. The summed E-state index contributed by atoms with van der Waals surface area (Å²) in [5.74, 6) is -25.8. The number of ether oxygens (including phenoxy) is 1. The van der Waals surface area contributed by atoms with Crippen molar-refractivity contribution in [2.45, 2.75) is 43.9 Å². The zero-order valence-corrected chi connectivity index (χ0v) is 12.4. The third-order valence-electron chi connectivity index (χ3n) is 2.74. The lowest BCUT2D eigenvalue weighted by atomic mass is 9.92. The van der Waals surface area contributed by atoms with Crippen LogP contribution in [0.2, 0.25) is 0 Å². The molecule has 1 atom stereocenters. The van der Waals surface area contributed by atoms with Gasteiger partial charge in [-0.05, 0) is 5.92 Å². The second kappa shape index (κ2) is 7.12. The molecule has 25 heavy (non-hydrogen) atoms. The van der Waals surface area contributed by atoms with Crippen molar-refractivity contribution in [2.75, 3.05) is 0 Å². The molecule has 1 N–H and O–H groups in total. The molecule has 0 aromatic carbocycles. The van der Waals surface area contributed by atoms with E-state index in [1.54, 1.807) is 0 Å². The third-order valence-corrected chi connectivity index (χ3v) is 2.74. The molecule has 0 aliphatic heterocycles. The normalized spacial score (nSPS) is 15.5. The number of aliphatic carboxylic acids is 1. The second-order valence-electron chi connectivity index (χ2n) is 5.04. The highest BCUT2D eigenvalue weighted by Gasteiger charge is 2.83. The van der Waals surface area contributed by atoms with Crippen molar-refractivity contribution in [1.29, 1.82) is 0 Å². The van der Waals surface area contributed by atoms with Crippen molar-refractivity contribution in [3.05, 3.63) is 12.2 Å². The molecule has 0 aliphatic carbocycles. The Hall–Kier alpha value is -1.95. The van der Waals surface area contributed by atoms with Gasteiger partial charge >= 0.3 is 35.9 Å². The van der Waals surface area contributed by atoms with Crippen LogP contribution in [0.3, 0.4) is 0 Å². The molecular formula is C12H11F9O4. The molecule has 4 nitrogen and oxygen atoms in total. The number of rotatable bonds is 7. The molecule has 0 aromatic heterocycles. The van der Waals surface area contributed by atoms with Crippen molar-refractivity contribution in [3.8, 4) is 0 Å². The summed E-state index contributed by atoms with van der Waals surface area (Å²) in [5.41, 5.74) is 0. The quantitative estimate of drug-likeness (QED) is 0.410. The minimum atomic E-state index is -7.13. The Labute approximate surface area is 134 Å². The largest absolute Gasteiger partial charge is 0.478 e. The number of carbonyl (C=O) groups excluding carboxylic acids is 1. The highest BCUT2D eigenvalue weighted by atomic mass is 19.4. The molecule has 0 saturated heterocycles. The molecule has 0 fully saturated rings. The molecule has 0 aliphatic rings. The smallest absolute Gasteiger partial charge is 0.460 e. The van der Waals surface area contributed by atoms with Crippen LogP contribution >= 0.6 is 0 Å². The average molecular weight is 390 g/mol. The number of halogens is 9. The Kier molecular flexibility index (Phi) is 6.56. The molecule has 146 valence electrons. The van der Waals surface area contributed by atoms with Gasteiger partial charge in [0.2, 0.25) is 0 Å². The number of carboxylic acid groups (broad SMARTS) is 1. The zero-order valence-electron chi connectivity index (χ0n) is 12.4. The predicted molar refractivity (Wildman–Crippen MR) is 62.4 cm³/mol. The Morgan fingerprint density at radius 3 is 1.64 bits per heavy atom. The molecule has 0 aromatic rings. The summed E-state index contributed by atoms with van der Waals surface area (Å²) < 4.78 is 120. The summed E-state index contributed by atoms with van der Waals surface area (Å²) in [5, 5.41) is 8.20. The molecule has 0 rings (SSSR count). The summed E-state index contributed by atoms with van der Waals surface area (Å²) >= 11 is 0. The van der Waals surface area contributed by atoms with Crippen LogP contribution in [0.25, 0.3) is 0 Å². The van der Waals surface area contributed by atoms with Gasteiger partial charge in [0.1, 0.15) is 0 Å². The first-order valence-electron chi connectivity index (χ1n) is 6.21. The lowest BCUT2D eigenvalue weighted by molar-refractivity contribution is -0.407. The predicted octanol–water partition coefficient (Wildman–Crippen LogP) is 3.66. The van der Waals surface area contributed by atoms with Crippen LogP contribution in [0.5, 0.6) is 0 Å². The van der Waals surface area contributed by atoms with E-state index in [0.717, 1.165) is 0 Å². The minimum absolute atomic E-state index is 0.00611. The number of alkyl halides is 9. The fourth-order valence-corrected chi connectivity index (χ4v) is 1.50. The Balaban J connectivity index is 5.87. The summed E-state index contributed by atoms with van der Waals surface area (Å²) in [7, 11) is 0. The topological polar surface area (TPSA) is 63.6 Å². The fourth-order valence-electron chi connectivity index (χ4n) is 1.50. The molecule has 1 unspecified atom stereocenters. The van der Waals surface area contributed by atoms with Crippen molar-refractivity contribution < 1.29 is 58.9 Å². The molecule has 0 radical (unpaired) electrons. The van der Waals surface area contributed by atoms with Crippen LogP contribution in [0.4, 0.5) is 39.5 Å². The Bertz CT molecular complexity index is 537. The van der Waals surface area contributed by atoms with Gasteiger partial charge in [-0.1, -0.05) is 13.8 Å². The van der Waals surface area contributed by atoms with Gasteiger partial charge in [0.05, 0.1) is 0 Å². The number of carboxylic acids is 1. The maximum absolute atomic E-state index is 13.8. The Morgan fingerprint density at radius 2 is 1.32 bits per heavy atom. The SMILES string of the molecule is CC(C)C(OC(=O)/C=C/C(=O)O)C(F)(F)C(F)(F)C(F)(F)C(F)(F)F. The lowest BCUT2D eigenvalue weighted by Gasteiger charge is -2.38. The van der Waals surface area contributed by atoms with Gasteiger partial charge in [0.15, 0.2) is 6.10 Å². The second-order valence-corrected chi connectivity index (χ2v) is 5.04.